The third kappa shape index (κ3) is 3.77. The monoisotopic (exact) mass is 373 g/mol. The van der Waals surface area contributed by atoms with E-state index >= 15 is 0 Å². The first-order valence-electron chi connectivity index (χ1n) is 9.27. The molecule has 2 heterocycles. The Kier molecular flexibility index (Phi) is 5.24. The highest BCUT2D eigenvalue weighted by Crippen LogP contribution is 2.25. The number of carbonyl (C=O) groups excluding carboxylic acids is 1. The average molecular weight is 374 g/mol. The maximum Gasteiger partial charge on any atom is 0.254 e. The van der Waals surface area contributed by atoms with Crippen LogP contribution in [0.5, 0.6) is 0 Å². The molecule has 1 amide bonds. The number of halogens is 1. The van der Waals surface area contributed by atoms with E-state index in [-0.39, 0.29) is 11.9 Å². The lowest BCUT2D eigenvalue weighted by atomic mass is 10.1. The Balaban J connectivity index is 1.42. The molecule has 1 saturated carbocycles. The van der Waals surface area contributed by atoms with E-state index in [4.69, 9.17) is 11.6 Å². The van der Waals surface area contributed by atoms with Gasteiger partial charge in [0.15, 0.2) is 0 Å². The Morgan fingerprint density at radius 3 is 2.73 bits per heavy atom. The van der Waals surface area contributed by atoms with E-state index in [0.717, 1.165) is 44.7 Å². The molecule has 1 aliphatic carbocycles. The molecule has 1 saturated heterocycles. The van der Waals surface area contributed by atoms with Gasteiger partial charge in [-0.1, -0.05) is 11.6 Å². The van der Waals surface area contributed by atoms with E-state index in [1.54, 1.807) is 17.1 Å². The van der Waals surface area contributed by atoms with Crippen LogP contribution in [0.4, 0.5) is 0 Å². The maximum atomic E-state index is 12.7. The summed E-state index contributed by atoms with van der Waals surface area (Å²) in [6.45, 7) is 4.19. The Hall–Kier alpha value is -1.89. The van der Waals surface area contributed by atoms with E-state index in [0.29, 0.717) is 16.6 Å². The van der Waals surface area contributed by atoms with Crippen molar-refractivity contribution in [3.8, 4) is 5.69 Å². The van der Waals surface area contributed by atoms with Crippen molar-refractivity contribution in [3.05, 3.63) is 47.2 Å². The van der Waals surface area contributed by atoms with Crippen molar-refractivity contribution in [1.82, 2.24) is 25.3 Å². The normalized spacial score (nSPS) is 23.9. The summed E-state index contributed by atoms with van der Waals surface area (Å²) >= 11 is 5.93. The van der Waals surface area contributed by atoms with Crippen molar-refractivity contribution in [2.24, 2.45) is 0 Å². The molecular weight excluding hydrogens is 350 g/mol. The van der Waals surface area contributed by atoms with Crippen molar-refractivity contribution in [2.75, 3.05) is 26.2 Å². The van der Waals surface area contributed by atoms with Gasteiger partial charge in [-0.25, -0.2) is 4.68 Å². The number of nitrogens with zero attached hydrogens (tertiary/aromatic N) is 3. The average Bonchev–Trinajstić information content (AvgIpc) is 3.33. The SMILES string of the molecule is O=C(N[C@@H]1CCC[C@@H]1N1CCNCC1)c1cnn(-c2ccc(Cl)cc2)c1. The molecule has 0 radical (unpaired) electrons. The fourth-order valence-electron chi connectivity index (χ4n) is 3.99. The number of aromatic nitrogens is 2. The fraction of sp³-hybridized carbons (Fsp3) is 0.474. The van der Waals surface area contributed by atoms with Gasteiger partial charge in [0.1, 0.15) is 0 Å². The van der Waals surface area contributed by atoms with Gasteiger partial charge in [0.25, 0.3) is 5.91 Å². The number of carbonyl (C=O) groups is 1. The molecule has 2 atom stereocenters. The summed E-state index contributed by atoms with van der Waals surface area (Å²) in [4.78, 5) is 15.2. The Bertz CT molecular complexity index is 754. The first kappa shape index (κ1) is 17.5. The zero-order valence-electron chi connectivity index (χ0n) is 14.7. The summed E-state index contributed by atoms with van der Waals surface area (Å²) in [6.07, 6.45) is 6.77. The number of hydrogen-bond donors (Lipinski definition) is 2. The fourth-order valence-corrected chi connectivity index (χ4v) is 4.11. The largest absolute Gasteiger partial charge is 0.348 e. The van der Waals surface area contributed by atoms with Crippen LogP contribution in [0.1, 0.15) is 29.6 Å². The second-order valence-corrected chi connectivity index (χ2v) is 7.45. The Labute approximate surface area is 158 Å². The molecule has 6 nitrogen and oxygen atoms in total. The summed E-state index contributed by atoms with van der Waals surface area (Å²) < 4.78 is 1.70. The molecule has 1 aromatic carbocycles. The van der Waals surface area contributed by atoms with Crippen LogP contribution in [-0.4, -0.2) is 58.9 Å². The lowest BCUT2D eigenvalue weighted by Crippen LogP contribution is -2.54. The summed E-state index contributed by atoms with van der Waals surface area (Å²) in [6, 6.07) is 8.07. The third-order valence-electron chi connectivity index (χ3n) is 5.35. The van der Waals surface area contributed by atoms with E-state index in [9.17, 15) is 4.79 Å². The van der Waals surface area contributed by atoms with Gasteiger partial charge in [0.05, 0.1) is 17.4 Å². The van der Waals surface area contributed by atoms with Crippen LogP contribution in [0.3, 0.4) is 0 Å². The quantitative estimate of drug-likeness (QED) is 0.861. The lowest BCUT2D eigenvalue weighted by Gasteiger charge is -2.36. The lowest BCUT2D eigenvalue weighted by molar-refractivity contribution is 0.0894. The second kappa shape index (κ2) is 7.78. The molecule has 2 aromatic rings. The Morgan fingerprint density at radius 2 is 1.96 bits per heavy atom. The highest BCUT2D eigenvalue weighted by molar-refractivity contribution is 6.30. The molecule has 7 heteroatoms. The highest BCUT2D eigenvalue weighted by atomic mass is 35.5. The van der Waals surface area contributed by atoms with Gasteiger partial charge in [-0.2, -0.15) is 5.10 Å². The first-order valence-corrected chi connectivity index (χ1v) is 9.65. The van der Waals surface area contributed by atoms with Crippen LogP contribution in [0.2, 0.25) is 5.02 Å². The van der Waals surface area contributed by atoms with Crippen LogP contribution in [0.25, 0.3) is 5.69 Å². The molecule has 138 valence electrons. The van der Waals surface area contributed by atoms with Crippen molar-refractivity contribution < 1.29 is 4.79 Å². The maximum absolute atomic E-state index is 12.7. The number of piperazine rings is 1. The number of nitrogens with one attached hydrogen (secondary N) is 2. The molecule has 26 heavy (non-hydrogen) atoms. The number of hydrogen-bond acceptors (Lipinski definition) is 4. The van der Waals surface area contributed by atoms with E-state index in [2.05, 4.69) is 20.6 Å². The van der Waals surface area contributed by atoms with Crippen LogP contribution in [0, 0.1) is 0 Å². The summed E-state index contributed by atoms with van der Waals surface area (Å²) in [5.74, 6) is -0.0442. The second-order valence-electron chi connectivity index (χ2n) is 7.01. The molecule has 4 rings (SSSR count). The Morgan fingerprint density at radius 1 is 1.19 bits per heavy atom. The third-order valence-corrected chi connectivity index (χ3v) is 5.60. The molecule has 1 aromatic heterocycles. The van der Waals surface area contributed by atoms with Gasteiger partial charge >= 0.3 is 0 Å². The molecule has 2 N–H and O–H groups in total. The van der Waals surface area contributed by atoms with E-state index in [1.165, 1.54) is 6.42 Å². The zero-order chi connectivity index (χ0) is 17.9. The molecular formula is C19H24ClN5O. The van der Waals surface area contributed by atoms with Crippen molar-refractivity contribution in [3.63, 3.8) is 0 Å². The van der Waals surface area contributed by atoms with Gasteiger partial charge < -0.3 is 10.6 Å². The summed E-state index contributed by atoms with van der Waals surface area (Å²) in [5.41, 5.74) is 1.47. The topological polar surface area (TPSA) is 62.2 Å². The minimum absolute atomic E-state index is 0.0442. The minimum atomic E-state index is -0.0442. The van der Waals surface area contributed by atoms with Crippen LogP contribution >= 0.6 is 11.6 Å². The van der Waals surface area contributed by atoms with Gasteiger partial charge in [0, 0.05) is 49.5 Å². The summed E-state index contributed by atoms with van der Waals surface area (Å²) in [7, 11) is 0. The molecule has 2 fully saturated rings. The smallest absolute Gasteiger partial charge is 0.254 e. The van der Waals surface area contributed by atoms with Crippen molar-refractivity contribution >= 4 is 17.5 Å². The molecule has 0 unspecified atom stereocenters. The van der Waals surface area contributed by atoms with Gasteiger partial charge in [-0.15, -0.1) is 0 Å². The number of benzene rings is 1. The molecule has 1 aliphatic heterocycles. The van der Waals surface area contributed by atoms with Crippen molar-refractivity contribution in [2.45, 2.75) is 31.3 Å². The van der Waals surface area contributed by atoms with E-state index < -0.39 is 0 Å². The molecule has 0 bridgehead atoms. The molecule has 2 aliphatic rings. The van der Waals surface area contributed by atoms with Gasteiger partial charge in [-0.05, 0) is 43.5 Å². The standard InChI is InChI=1S/C19H24ClN5O/c20-15-4-6-16(7-5-15)25-13-14(12-22-25)19(26)23-17-2-1-3-18(17)24-10-8-21-9-11-24/h4-7,12-13,17-18,21H,1-3,8-11H2,(H,23,26)/t17-,18+/m1/s1. The zero-order valence-corrected chi connectivity index (χ0v) is 15.5. The summed E-state index contributed by atoms with van der Waals surface area (Å²) in [5, 5.41) is 11.6. The van der Waals surface area contributed by atoms with Gasteiger partial charge in [-0.3, -0.25) is 9.69 Å². The van der Waals surface area contributed by atoms with E-state index in [1.807, 2.05) is 24.3 Å². The predicted molar refractivity (Wildman–Crippen MR) is 102 cm³/mol. The van der Waals surface area contributed by atoms with Crippen LogP contribution in [0.15, 0.2) is 36.7 Å². The number of rotatable bonds is 4. The minimum Gasteiger partial charge on any atom is -0.348 e. The molecule has 0 spiro atoms. The van der Waals surface area contributed by atoms with Gasteiger partial charge in [0.2, 0.25) is 0 Å². The predicted octanol–water partition coefficient (Wildman–Crippen LogP) is 2.08. The first-order chi connectivity index (χ1) is 12.7. The number of amides is 1. The van der Waals surface area contributed by atoms with Crippen LogP contribution < -0.4 is 10.6 Å². The van der Waals surface area contributed by atoms with Crippen molar-refractivity contribution in [1.29, 1.82) is 0 Å². The highest BCUT2D eigenvalue weighted by Gasteiger charge is 2.33. The van der Waals surface area contributed by atoms with Crippen LogP contribution in [-0.2, 0) is 0 Å².